The number of anilines is 1. The van der Waals surface area contributed by atoms with Crippen molar-refractivity contribution in [1.82, 2.24) is 9.97 Å². The van der Waals surface area contributed by atoms with E-state index in [9.17, 15) is 4.79 Å². The standard InChI is InChI=1S/C21H22N4O2/c22-21(26)18-12-20(24-19-6-2-1-5-17(18)19)25-10-7-16(8-11-25)27-14-15-4-3-9-23-13-15/h1-6,9,12-13,16H,7-8,10-11,14H2,(H2,22,26). The summed E-state index contributed by atoms with van der Waals surface area (Å²) in [5, 5.41) is 0.795. The van der Waals surface area contributed by atoms with Crippen molar-refractivity contribution >= 4 is 22.6 Å². The molecule has 0 spiro atoms. The third-order valence-corrected chi connectivity index (χ3v) is 4.94. The molecule has 1 aromatic carbocycles. The number of amides is 1. The Bertz CT molecular complexity index is 937. The molecule has 0 unspecified atom stereocenters. The number of ether oxygens (including phenoxy) is 1. The highest BCUT2D eigenvalue weighted by Crippen LogP contribution is 2.26. The second kappa shape index (κ2) is 7.72. The summed E-state index contributed by atoms with van der Waals surface area (Å²) in [6, 6.07) is 13.3. The van der Waals surface area contributed by atoms with E-state index in [1.807, 2.05) is 48.7 Å². The van der Waals surface area contributed by atoms with Gasteiger partial charge in [0.05, 0.1) is 23.8 Å². The number of piperidine rings is 1. The van der Waals surface area contributed by atoms with E-state index in [0.717, 1.165) is 48.2 Å². The van der Waals surface area contributed by atoms with Crippen LogP contribution in [-0.4, -0.2) is 35.1 Å². The number of rotatable bonds is 5. The highest BCUT2D eigenvalue weighted by atomic mass is 16.5. The van der Waals surface area contributed by atoms with E-state index in [4.69, 9.17) is 15.5 Å². The van der Waals surface area contributed by atoms with Gasteiger partial charge >= 0.3 is 0 Å². The van der Waals surface area contributed by atoms with Crippen LogP contribution < -0.4 is 10.6 Å². The van der Waals surface area contributed by atoms with Crippen LogP contribution in [0.5, 0.6) is 0 Å². The third-order valence-electron chi connectivity index (χ3n) is 4.94. The molecule has 1 saturated heterocycles. The number of fused-ring (bicyclic) bond motifs is 1. The molecule has 138 valence electrons. The van der Waals surface area contributed by atoms with Crippen molar-refractivity contribution in [2.75, 3.05) is 18.0 Å². The molecule has 3 heterocycles. The Morgan fingerprint density at radius 1 is 1.19 bits per heavy atom. The number of nitrogens with two attached hydrogens (primary N) is 1. The van der Waals surface area contributed by atoms with Crippen LogP contribution in [0, 0.1) is 0 Å². The van der Waals surface area contributed by atoms with E-state index in [1.54, 1.807) is 6.20 Å². The van der Waals surface area contributed by atoms with Gasteiger partial charge in [-0.05, 0) is 36.6 Å². The zero-order chi connectivity index (χ0) is 18.6. The van der Waals surface area contributed by atoms with Gasteiger partial charge in [-0.1, -0.05) is 24.3 Å². The Hall–Kier alpha value is -2.99. The second-order valence-electron chi connectivity index (χ2n) is 6.77. The molecular formula is C21H22N4O2. The van der Waals surface area contributed by atoms with Gasteiger partial charge in [0.15, 0.2) is 0 Å². The molecule has 1 aliphatic heterocycles. The number of aromatic nitrogens is 2. The molecule has 27 heavy (non-hydrogen) atoms. The summed E-state index contributed by atoms with van der Waals surface area (Å²) in [4.78, 5) is 22.9. The van der Waals surface area contributed by atoms with E-state index in [2.05, 4.69) is 9.88 Å². The molecule has 0 bridgehead atoms. The van der Waals surface area contributed by atoms with Crippen molar-refractivity contribution in [3.05, 3.63) is 66.0 Å². The predicted molar refractivity (Wildman–Crippen MR) is 105 cm³/mol. The molecule has 3 aromatic rings. The minimum atomic E-state index is -0.426. The molecule has 1 amide bonds. The van der Waals surface area contributed by atoms with Gasteiger partial charge in [0.25, 0.3) is 0 Å². The third kappa shape index (κ3) is 3.90. The van der Waals surface area contributed by atoms with Crippen LogP contribution >= 0.6 is 0 Å². The van der Waals surface area contributed by atoms with Gasteiger partial charge in [-0.2, -0.15) is 0 Å². The largest absolute Gasteiger partial charge is 0.373 e. The summed E-state index contributed by atoms with van der Waals surface area (Å²) < 4.78 is 6.02. The van der Waals surface area contributed by atoms with E-state index in [-0.39, 0.29) is 6.10 Å². The highest BCUT2D eigenvalue weighted by molar-refractivity contribution is 6.06. The molecule has 0 saturated carbocycles. The lowest BCUT2D eigenvalue weighted by Gasteiger charge is -2.33. The quantitative estimate of drug-likeness (QED) is 0.755. The van der Waals surface area contributed by atoms with E-state index in [1.165, 1.54) is 0 Å². The fraction of sp³-hybridized carbons (Fsp3) is 0.286. The first-order valence-electron chi connectivity index (χ1n) is 9.16. The predicted octanol–water partition coefficient (Wildman–Crippen LogP) is 2.91. The highest BCUT2D eigenvalue weighted by Gasteiger charge is 2.22. The molecule has 0 aliphatic carbocycles. The Labute approximate surface area is 158 Å². The van der Waals surface area contributed by atoms with Crippen molar-refractivity contribution in [2.24, 2.45) is 5.73 Å². The number of para-hydroxylation sites is 1. The summed E-state index contributed by atoms with van der Waals surface area (Å²) in [5.74, 6) is 0.373. The fourth-order valence-electron chi connectivity index (χ4n) is 3.48. The average molecular weight is 362 g/mol. The van der Waals surface area contributed by atoms with Gasteiger partial charge in [0.2, 0.25) is 5.91 Å². The van der Waals surface area contributed by atoms with Crippen LogP contribution in [0.2, 0.25) is 0 Å². The Morgan fingerprint density at radius 3 is 2.74 bits per heavy atom. The van der Waals surface area contributed by atoms with Crippen molar-refractivity contribution in [1.29, 1.82) is 0 Å². The average Bonchev–Trinajstić information content (AvgIpc) is 2.72. The lowest BCUT2D eigenvalue weighted by Crippen LogP contribution is -2.37. The minimum Gasteiger partial charge on any atom is -0.373 e. The molecule has 0 atom stereocenters. The van der Waals surface area contributed by atoms with Crippen LogP contribution in [0.15, 0.2) is 54.9 Å². The number of nitrogens with zero attached hydrogens (tertiary/aromatic N) is 3. The monoisotopic (exact) mass is 362 g/mol. The minimum absolute atomic E-state index is 0.220. The number of primary amides is 1. The summed E-state index contributed by atoms with van der Waals surface area (Å²) >= 11 is 0. The summed E-state index contributed by atoms with van der Waals surface area (Å²) in [6.07, 6.45) is 5.65. The topological polar surface area (TPSA) is 81.3 Å². The number of hydrogen-bond acceptors (Lipinski definition) is 5. The van der Waals surface area contributed by atoms with Crippen LogP contribution in [0.25, 0.3) is 10.9 Å². The van der Waals surface area contributed by atoms with Gasteiger partial charge in [-0.25, -0.2) is 4.98 Å². The van der Waals surface area contributed by atoms with Crippen molar-refractivity contribution in [3.63, 3.8) is 0 Å². The molecule has 2 N–H and O–H groups in total. The van der Waals surface area contributed by atoms with E-state index < -0.39 is 5.91 Å². The molecular weight excluding hydrogens is 340 g/mol. The van der Waals surface area contributed by atoms with Gasteiger partial charge in [-0.15, -0.1) is 0 Å². The van der Waals surface area contributed by atoms with Crippen molar-refractivity contribution in [3.8, 4) is 0 Å². The zero-order valence-corrected chi connectivity index (χ0v) is 15.0. The lowest BCUT2D eigenvalue weighted by atomic mass is 10.1. The van der Waals surface area contributed by atoms with Crippen molar-refractivity contribution < 1.29 is 9.53 Å². The second-order valence-corrected chi connectivity index (χ2v) is 6.77. The zero-order valence-electron chi connectivity index (χ0n) is 15.0. The molecule has 6 heteroatoms. The maximum absolute atomic E-state index is 11.9. The SMILES string of the molecule is NC(=O)c1cc(N2CCC(OCc3cccnc3)CC2)nc2ccccc12. The van der Waals surface area contributed by atoms with Crippen LogP contribution in [0.4, 0.5) is 5.82 Å². The van der Waals surface area contributed by atoms with E-state index >= 15 is 0 Å². The van der Waals surface area contributed by atoms with Gasteiger partial charge in [-0.3, -0.25) is 9.78 Å². The molecule has 4 rings (SSSR count). The Kier molecular flexibility index (Phi) is 4.98. The van der Waals surface area contributed by atoms with Crippen molar-refractivity contribution in [2.45, 2.75) is 25.6 Å². The van der Waals surface area contributed by atoms with Gasteiger partial charge in [0, 0.05) is 30.9 Å². The smallest absolute Gasteiger partial charge is 0.249 e. The van der Waals surface area contributed by atoms with E-state index in [0.29, 0.717) is 12.2 Å². The first-order valence-corrected chi connectivity index (χ1v) is 9.16. The number of carbonyl (C=O) groups excluding carboxylic acids is 1. The number of pyridine rings is 2. The number of hydrogen-bond donors (Lipinski definition) is 1. The maximum Gasteiger partial charge on any atom is 0.249 e. The lowest BCUT2D eigenvalue weighted by molar-refractivity contribution is 0.0249. The van der Waals surface area contributed by atoms with Crippen LogP contribution in [-0.2, 0) is 11.3 Å². The first kappa shape index (κ1) is 17.4. The van der Waals surface area contributed by atoms with Gasteiger partial charge in [0.1, 0.15) is 5.82 Å². The first-order chi connectivity index (χ1) is 13.2. The Balaban J connectivity index is 1.44. The summed E-state index contributed by atoms with van der Waals surface area (Å²) in [5.41, 5.74) is 7.98. The Morgan fingerprint density at radius 2 is 2.00 bits per heavy atom. The molecule has 2 aromatic heterocycles. The molecule has 1 fully saturated rings. The molecule has 1 aliphatic rings. The fourth-order valence-corrected chi connectivity index (χ4v) is 3.48. The number of carbonyl (C=O) groups is 1. The van der Waals surface area contributed by atoms with Crippen LogP contribution in [0.1, 0.15) is 28.8 Å². The number of benzene rings is 1. The normalized spacial score (nSPS) is 15.2. The molecule has 0 radical (unpaired) electrons. The van der Waals surface area contributed by atoms with Crippen LogP contribution in [0.3, 0.4) is 0 Å². The van der Waals surface area contributed by atoms with Gasteiger partial charge < -0.3 is 15.4 Å². The maximum atomic E-state index is 11.9. The summed E-state index contributed by atoms with van der Waals surface area (Å²) in [6.45, 7) is 2.25. The summed E-state index contributed by atoms with van der Waals surface area (Å²) in [7, 11) is 0. The molecule has 6 nitrogen and oxygen atoms in total.